The van der Waals surface area contributed by atoms with Gasteiger partial charge in [-0.15, -0.1) is 0 Å². The maximum Gasteiger partial charge on any atom is 0.0657 e. The van der Waals surface area contributed by atoms with Crippen molar-refractivity contribution in [1.29, 1.82) is 0 Å². The summed E-state index contributed by atoms with van der Waals surface area (Å²) in [5.41, 5.74) is 1.27. The van der Waals surface area contributed by atoms with Gasteiger partial charge >= 0.3 is 0 Å². The molecule has 0 fully saturated rings. The van der Waals surface area contributed by atoms with Gasteiger partial charge < -0.3 is 10.1 Å². The normalized spacial score (nSPS) is 12.8. The third kappa shape index (κ3) is 2.32. The van der Waals surface area contributed by atoms with Gasteiger partial charge in [0.05, 0.1) is 12.6 Å². The summed E-state index contributed by atoms with van der Waals surface area (Å²) in [6, 6.07) is 10.6. The van der Waals surface area contributed by atoms with Crippen LogP contribution >= 0.6 is 0 Å². The van der Waals surface area contributed by atoms with Crippen molar-refractivity contribution in [3.8, 4) is 0 Å². The minimum Gasteiger partial charge on any atom is -0.383 e. The second-order valence-corrected chi connectivity index (χ2v) is 2.71. The van der Waals surface area contributed by atoms with E-state index in [0.29, 0.717) is 12.6 Å². The summed E-state index contributed by atoms with van der Waals surface area (Å²) in [7, 11) is 3.66. The van der Waals surface area contributed by atoms with Crippen molar-refractivity contribution in [3.05, 3.63) is 35.9 Å². The number of rotatable bonds is 4. The minimum atomic E-state index is 0.302. The van der Waals surface area contributed by atoms with E-state index >= 15 is 0 Å². The summed E-state index contributed by atoms with van der Waals surface area (Å²) in [5.74, 6) is 0. The Labute approximate surface area is 73.6 Å². The van der Waals surface area contributed by atoms with E-state index in [-0.39, 0.29) is 0 Å². The summed E-state index contributed by atoms with van der Waals surface area (Å²) in [5, 5.41) is 3.19. The summed E-state index contributed by atoms with van der Waals surface area (Å²) in [6.45, 7) is 0.709. The van der Waals surface area contributed by atoms with Gasteiger partial charge in [0.15, 0.2) is 0 Å². The molecule has 0 saturated carbocycles. The summed E-state index contributed by atoms with van der Waals surface area (Å²) < 4.78 is 5.09. The number of hydrogen-bond donors (Lipinski definition) is 1. The van der Waals surface area contributed by atoms with Gasteiger partial charge in [-0.3, -0.25) is 0 Å². The highest BCUT2D eigenvalue weighted by Crippen LogP contribution is 2.11. The number of likely N-dealkylation sites (N-methyl/N-ethyl adjacent to an activating group) is 1. The highest BCUT2D eigenvalue weighted by molar-refractivity contribution is 5.18. The van der Waals surface area contributed by atoms with E-state index in [2.05, 4.69) is 17.4 Å². The molecular weight excluding hydrogens is 150 g/mol. The van der Waals surface area contributed by atoms with Gasteiger partial charge in [0, 0.05) is 7.11 Å². The highest BCUT2D eigenvalue weighted by atomic mass is 16.5. The summed E-state index contributed by atoms with van der Waals surface area (Å²) in [6.07, 6.45) is 0. The van der Waals surface area contributed by atoms with Crippen LogP contribution in [0.3, 0.4) is 0 Å². The number of hydrogen-bond acceptors (Lipinski definition) is 2. The molecule has 0 saturated heterocycles. The molecule has 2 heteroatoms. The van der Waals surface area contributed by atoms with Crippen LogP contribution in [0, 0.1) is 0 Å². The molecular formula is C10H15NO. The fraction of sp³-hybridized carbons (Fsp3) is 0.400. The van der Waals surface area contributed by atoms with Crippen molar-refractivity contribution < 1.29 is 4.74 Å². The zero-order chi connectivity index (χ0) is 8.81. The average Bonchev–Trinajstić information content (AvgIpc) is 2.15. The number of nitrogens with one attached hydrogen (secondary N) is 1. The maximum absolute atomic E-state index is 5.09. The van der Waals surface area contributed by atoms with Crippen LogP contribution in [0.2, 0.25) is 0 Å². The van der Waals surface area contributed by atoms with Crippen LogP contribution in [-0.4, -0.2) is 20.8 Å². The minimum absolute atomic E-state index is 0.302. The third-order valence-corrected chi connectivity index (χ3v) is 1.88. The highest BCUT2D eigenvalue weighted by Gasteiger charge is 2.06. The molecule has 0 aromatic heterocycles. The Bertz CT molecular complexity index is 210. The maximum atomic E-state index is 5.09. The molecule has 0 aliphatic rings. The van der Waals surface area contributed by atoms with E-state index in [1.807, 2.05) is 25.2 Å². The standard InChI is InChI=1S/C10H15NO/c1-11-10(8-12-2)9-6-4-3-5-7-9/h3-7,10-11H,8H2,1-2H3/t10-/m1/s1. The number of benzene rings is 1. The lowest BCUT2D eigenvalue weighted by Crippen LogP contribution is -2.20. The third-order valence-electron chi connectivity index (χ3n) is 1.88. The van der Waals surface area contributed by atoms with Crippen LogP contribution in [-0.2, 0) is 4.74 Å². The van der Waals surface area contributed by atoms with Crippen molar-refractivity contribution in [2.24, 2.45) is 0 Å². The summed E-state index contributed by atoms with van der Waals surface area (Å²) in [4.78, 5) is 0. The van der Waals surface area contributed by atoms with E-state index in [1.165, 1.54) is 5.56 Å². The Kier molecular flexibility index (Phi) is 3.77. The predicted octanol–water partition coefficient (Wildman–Crippen LogP) is 1.59. The smallest absolute Gasteiger partial charge is 0.0657 e. The molecule has 0 amide bonds. The monoisotopic (exact) mass is 165 g/mol. The first-order valence-electron chi connectivity index (χ1n) is 4.09. The second-order valence-electron chi connectivity index (χ2n) is 2.71. The molecule has 1 aromatic carbocycles. The van der Waals surface area contributed by atoms with Crippen molar-refractivity contribution >= 4 is 0 Å². The van der Waals surface area contributed by atoms with Gasteiger partial charge in [-0.05, 0) is 12.6 Å². The van der Waals surface area contributed by atoms with E-state index in [1.54, 1.807) is 7.11 Å². The molecule has 0 aliphatic heterocycles. The van der Waals surface area contributed by atoms with E-state index in [9.17, 15) is 0 Å². The molecule has 66 valence electrons. The van der Waals surface area contributed by atoms with Gasteiger partial charge in [0.2, 0.25) is 0 Å². The van der Waals surface area contributed by atoms with Crippen LogP contribution in [0.15, 0.2) is 30.3 Å². The molecule has 1 aromatic rings. The molecule has 1 atom stereocenters. The largest absolute Gasteiger partial charge is 0.383 e. The fourth-order valence-electron chi connectivity index (χ4n) is 1.20. The summed E-state index contributed by atoms with van der Waals surface area (Å²) >= 11 is 0. The first-order chi connectivity index (χ1) is 5.88. The van der Waals surface area contributed by atoms with Crippen LogP contribution in [0.25, 0.3) is 0 Å². The van der Waals surface area contributed by atoms with Crippen molar-refractivity contribution in [2.75, 3.05) is 20.8 Å². The van der Waals surface area contributed by atoms with Gasteiger partial charge in [-0.2, -0.15) is 0 Å². The van der Waals surface area contributed by atoms with Crippen molar-refractivity contribution in [2.45, 2.75) is 6.04 Å². The molecule has 0 aliphatic carbocycles. The van der Waals surface area contributed by atoms with Gasteiger partial charge in [-0.25, -0.2) is 0 Å². The molecule has 0 unspecified atom stereocenters. The lowest BCUT2D eigenvalue weighted by Gasteiger charge is -2.14. The van der Waals surface area contributed by atoms with Crippen molar-refractivity contribution in [1.82, 2.24) is 5.32 Å². The van der Waals surface area contributed by atoms with E-state index < -0.39 is 0 Å². The van der Waals surface area contributed by atoms with E-state index in [0.717, 1.165) is 0 Å². The van der Waals surface area contributed by atoms with Crippen LogP contribution < -0.4 is 5.32 Å². The molecule has 1 N–H and O–H groups in total. The van der Waals surface area contributed by atoms with E-state index in [4.69, 9.17) is 4.74 Å². The predicted molar refractivity (Wildman–Crippen MR) is 50.1 cm³/mol. The first-order valence-corrected chi connectivity index (χ1v) is 4.09. The van der Waals surface area contributed by atoms with Gasteiger partial charge in [0.1, 0.15) is 0 Å². The quantitative estimate of drug-likeness (QED) is 0.731. The Morgan fingerprint density at radius 2 is 2.00 bits per heavy atom. The number of ether oxygens (including phenoxy) is 1. The lowest BCUT2D eigenvalue weighted by molar-refractivity contribution is 0.170. The Morgan fingerprint density at radius 3 is 2.50 bits per heavy atom. The SMILES string of the molecule is CN[C@H](COC)c1ccccc1. The zero-order valence-electron chi connectivity index (χ0n) is 7.58. The fourth-order valence-corrected chi connectivity index (χ4v) is 1.20. The van der Waals surface area contributed by atoms with Crippen molar-refractivity contribution in [3.63, 3.8) is 0 Å². The Morgan fingerprint density at radius 1 is 1.33 bits per heavy atom. The topological polar surface area (TPSA) is 21.3 Å². The second kappa shape index (κ2) is 4.91. The molecule has 0 radical (unpaired) electrons. The van der Waals surface area contributed by atoms with Gasteiger partial charge in [-0.1, -0.05) is 30.3 Å². The van der Waals surface area contributed by atoms with Gasteiger partial charge in [0.25, 0.3) is 0 Å². The average molecular weight is 165 g/mol. The molecule has 0 bridgehead atoms. The van der Waals surface area contributed by atoms with Crippen LogP contribution in [0.5, 0.6) is 0 Å². The molecule has 12 heavy (non-hydrogen) atoms. The lowest BCUT2D eigenvalue weighted by atomic mass is 10.1. The molecule has 0 heterocycles. The zero-order valence-corrected chi connectivity index (χ0v) is 7.58. The number of methoxy groups -OCH3 is 1. The Hall–Kier alpha value is -0.860. The molecule has 1 rings (SSSR count). The van der Waals surface area contributed by atoms with Crippen LogP contribution in [0.4, 0.5) is 0 Å². The Balaban J connectivity index is 2.66. The molecule has 0 spiro atoms. The van der Waals surface area contributed by atoms with Crippen LogP contribution in [0.1, 0.15) is 11.6 Å². The first kappa shape index (κ1) is 9.23. The molecule has 2 nitrogen and oxygen atoms in total.